The molecule has 252 valence electrons. The minimum absolute atomic E-state index is 0.0598. The van der Waals surface area contributed by atoms with Gasteiger partial charge < -0.3 is 15.1 Å². The predicted molar refractivity (Wildman–Crippen MR) is 174 cm³/mol. The van der Waals surface area contributed by atoms with Crippen LogP contribution < -0.4 is 10.9 Å². The number of aromatic nitrogens is 4. The van der Waals surface area contributed by atoms with Crippen LogP contribution >= 0.6 is 0 Å². The summed E-state index contributed by atoms with van der Waals surface area (Å²) in [5, 5.41) is 7.11. The molecule has 0 saturated carbocycles. The molecule has 0 radical (unpaired) electrons. The molecule has 1 saturated heterocycles. The maximum absolute atomic E-state index is 14.2. The van der Waals surface area contributed by atoms with Crippen molar-refractivity contribution in [2.24, 2.45) is 13.0 Å². The van der Waals surface area contributed by atoms with E-state index in [4.69, 9.17) is 6.57 Å². The monoisotopic (exact) mass is 662 g/mol. The molecule has 5 rings (SSSR count). The second-order valence-electron chi connectivity index (χ2n) is 12.7. The van der Waals surface area contributed by atoms with E-state index in [2.05, 4.69) is 27.2 Å². The molecule has 4 aromatic rings. The molecule has 2 aromatic heterocycles. The van der Waals surface area contributed by atoms with E-state index in [-0.39, 0.29) is 28.5 Å². The number of benzene rings is 2. The number of hydrogen-bond acceptors (Lipinski definition) is 5. The van der Waals surface area contributed by atoms with Crippen molar-refractivity contribution in [3.05, 3.63) is 93.7 Å². The predicted octanol–water partition coefficient (Wildman–Crippen LogP) is 4.91. The highest BCUT2D eigenvalue weighted by molar-refractivity contribution is 6.03. The van der Waals surface area contributed by atoms with Gasteiger partial charge in [0.1, 0.15) is 16.8 Å². The van der Waals surface area contributed by atoms with Crippen molar-refractivity contribution in [1.82, 2.24) is 34.3 Å². The van der Waals surface area contributed by atoms with Crippen molar-refractivity contribution < 1.29 is 22.8 Å². The third-order valence-electron chi connectivity index (χ3n) is 8.70. The van der Waals surface area contributed by atoms with Crippen LogP contribution in [-0.2, 0) is 18.0 Å². The summed E-state index contributed by atoms with van der Waals surface area (Å²) in [5.41, 5.74) is -2.54. The Balaban J connectivity index is 1.58. The molecule has 3 heterocycles. The molecule has 1 aliphatic rings. The molecule has 0 unspecified atom stereocenters. The molecule has 48 heavy (non-hydrogen) atoms. The molecule has 14 heteroatoms. The molecule has 1 N–H and O–H groups in total. The van der Waals surface area contributed by atoms with Crippen molar-refractivity contribution in [3.63, 3.8) is 0 Å². The number of rotatable bonds is 8. The summed E-state index contributed by atoms with van der Waals surface area (Å²) in [6.45, 7) is 12.7. The Morgan fingerprint density at radius 1 is 1.04 bits per heavy atom. The molecular formula is C34H37F3N8O3. The minimum atomic E-state index is -4.67. The van der Waals surface area contributed by atoms with Crippen LogP contribution in [0, 0.1) is 12.5 Å². The van der Waals surface area contributed by atoms with Crippen LogP contribution in [0.2, 0.25) is 0 Å². The quantitative estimate of drug-likeness (QED) is 0.271. The topological polar surface area (TPSA) is 102 Å². The number of amides is 2. The molecule has 0 atom stereocenters. The molecular weight excluding hydrogens is 625 g/mol. The van der Waals surface area contributed by atoms with Crippen LogP contribution in [0.5, 0.6) is 0 Å². The summed E-state index contributed by atoms with van der Waals surface area (Å²) >= 11 is 0. The van der Waals surface area contributed by atoms with E-state index in [1.165, 1.54) is 34.7 Å². The summed E-state index contributed by atoms with van der Waals surface area (Å²) in [7, 11) is 5.20. The van der Waals surface area contributed by atoms with Crippen LogP contribution in [0.25, 0.3) is 27.6 Å². The van der Waals surface area contributed by atoms with Gasteiger partial charge in [-0.15, -0.1) is 0 Å². The van der Waals surface area contributed by atoms with Gasteiger partial charge in [0.05, 0.1) is 35.4 Å². The normalized spacial score (nSPS) is 14.5. The van der Waals surface area contributed by atoms with Crippen molar-refractivity contribution >= 4 is 17.5 Å². The lowest BCUT2D eigenvalue weighted by Crippen LogP contribution is -2.56. The van der Waals surface area contributed by atoms with E-state index in [1.807, 2.05) is 0 Å². The van der Waals surface area contributed by atoms with Gasteiger partial charge in [-0.25, -0.2) is 14.2 Å². The average Bonchev–Trinajstić information content (AvgIpc) is 3.62. The Morgan fingerprint density at radius 2 is 1.71 bits per heavy atom. The minimum Gasteiger partial charge on any atom is -0.343 e. The Hall–Kier alpha value is -5.16. The fourth-order valence-electron chi connectivity index (χ4n) is 6.16. The maximum atomic E-state index is 14.2. The first-order valence-electron chi connectivity index (χ1n) is 15.4. The highest BCUT2D eigenvalue weighted by Gasteiger charge is 2.37. The van der Waals surface area contributed by atoms with E-state index in [0.29, 0.717) is 23.8 Å². The number of carbonyl (C=O) groups excluding carboxylic acids is 2. The second-order valence-corrected chi connectivity index (χ2v) is 12.7. The SMILES string of the molecule is [C-]#[N+]c1ccc(-n2nccc2-c2c(C(=O)NC(C)(C)C(=O)N(C)CC3CCN(C)CC3)c(=O)n(-c3cccc(C(F)(F)F)c3)n2C)cc1. The zero-order valence-electron chi connectivity index (χ0n) is 27.4. The number of nitrogens with zero attached hydrogens (tertiary/aromatic N) is 7. The lowest BCUT2D eigenvalue weighted by Gasteiger charge is -2.35. The largest absolute Gasteiger partial charge is 0.416 e. The number of nitrogens with one attached hydrogen (secondary N) is 1. The molecule has 0 aliphatic carbocycles. The van der Waals surface area contributed by atoms with Gasteiger partial charge in [-0.1, -0.05) is 18.2 Å². The van der Waals surface area contributed by atoms with Gasteiger partial charge in [0.2, 0.25) is 5.91 Å². The highest BCUT2D eigenvalue weighted by atomic mass is 19.4. The molecule has 1 aliphatic heterocycles. The van der Waals surface area contributed by atoms with E-state index in [9.17, 15) is 27.6 Å². The Labute approximate surface area is 276 Å². The maximum Gasteiger partial charge on any atom is 0.416 e. The van der Waals surface area contributed by atoms with Gasteiger partial charge in [-0.2, -0.15) is 18.3 Å². The number of likely N-dealkylation sites (tertiary alicyclic amines) is 1. The first-order valence-corrected chi connectivity index (χ1v) is 15.4. The summed E-state index contributed by atoms with van der Waals surface area (Å²) in [4.78, 5) is 49.2. The van der Waals surface area contributed by atoms with Crippen molar-refractivity contribution in [1.29, 1.82) is 0 Å². The van der Waals surface area contributed by atoms with E-state index in [0.717, 1.165) is 42.7 Å². The first kappa shape index (κ1) is 34.2. The van der Waals surface area contributed by atoms with Crippen LogP contribution in [-0.4, -0.2) is 80.0 Å². The third-order valence-corrected chi connectivity index (χ3v) is 8.70. The van der Waals surface area contributed by atoms with Gasteiger partial charge >= 0.3 is 6.18 Å². The van der Waals surface area contributed by atoms with Crippen LogP contribution in [0.1, 0.15) is 42.6 Å². The van der Waals surface area contributed by atoms with E-state index < -0.39 is 28.7 Å². The highest BCUT2D eigenvalue weighted by Crippen LogP contribution is 2.32. The Morgan fingerprint density at radius 3 is 2.33 bits per heavy atom. The third kappa shape index (κ3) is 6.77. The fourth-order valence-corrected chi connectivity index (χ4v) is 6.16. The van der Waals surface area contributed by atoms with Crippen molar-refractivity contribution in [2.45, 2.75) is 38.4 Å². The molecule has 11 nitrogen and oxygen atoms in total. The average molecular weight is 663 g/mol. The van der Waals surface area contributed by atoms with Gasteiger partial charge in [-0.05, 0) is 89.1 Å². The van der Waals surface area contributed by atoms with Gasteiger partial charge in [-0.3, -0.25) is 19.1 Å². The van der Waals surface area contributed by atoms with E-state index >= 15 is 0 Å². The molecule has 2 amide bonds. The van der Waals surface area contributed by atoms with Gasteiger partial charge in [0, 0.05) is 20.6 Å². The number of likely N-dealkylation sites (N-methyl/N-ethyl adjacent to an activating group) is 1. The zero-order valence-corrected chi connectivity index (χ0v) is 27.4. The smallest absolute Gasteiger partial charge is 0.343 e. The summed E-state index contributed by atoms with van der Waals surface area (Å²) < 4.78 is 44.8. The molecule has 2 aromatic carbocycles. The summed E-state index contributed by atoms with van der Waals surface area (Å²) in [6, 6.07) is 12.3. The van der Waals surface area contributed by atoms with Crippen LogP contribution in [0.15, 0.2) is 65.6 Å². The van der Waals surface area contributed by atoms with E-state index in [1.54, 1.807) is 56.1 Å². The lowest BCUT2D eigenvalue weighted by molar-refractivity contribution is -0.137. The first-order chi connectivity index (χ1) is 22.6. The Bertz CT molecular complexity index is 1920. The number of halogens is 3. The van der Waals surface area contributed by atoms with Crippen molar-refractivity contribution in [2.75, 3.05) is 33.7 Å². The van der Waals surface area contributed by atoms with Crippen molar-refractivity contribution in [3.8, 4) is 22.8 Å². The zero-order chi connectivity index (χ0) is 35.0. The lowest BCUT2D eigenvalue weighted by atomic mass is 9.95. The second kappa shape index (κ2) is 13.2. The molecule has 0 bridgehead atoms. The van der Waals surface area contributed by atoms with Crippen LogP contribution in [0.3, 0.4) is 0 Å². The van der Waals surface area contributed by atoms with Gasteiger partial charge in [0.15, 0.2) is 5.69 Å². The summed E-state index contributed by atoms with van der Waals surface area (Å²) in [5.74, 6) is -0.917. The standard InChI is InChI=1S/C34H37F3N8O3/c1-33(2,32(48)42(5)21-22-15-18-41(4)19-16-22)40-30(46)28-29(27-14-17-39-44(27)25-12-10-24(38-3)11-13-25)43(6)45(31(28)47)26-9-7-8-23(20-26)34(35,36)37/h7-14,17,20,22H,15-16,18-19,21H2,1-2,4-6H3,(H,40,46). The summed E-state index contributed by atoms with van der Waals surface area (Å²) in [6.07, 6.45) is -1.33. The molecule has 1 fully saturated rings. The number of alkyl halides is 3. The van der Waals surface area contributed by atoms with Gasteiger partial charge in [0.25, 0.3) is 11.5 Å². The Kier molecular flexibility index (Phi) is 9.37. The number of carbonyl (C=O) groups is 2. The van der Waals surface area contributed by atoms with Crippen LogP contribution in [0.4, 0.5) is 18.9 Å². The number of hydrogen-bond donors (Lipinski definition) is 1. The number of piperidine rings is 1. The fraction of sp³-hybridized carbons (Fsp3) is 0.382. The molecule has 0 spiro atoms.